The van der Waals surface area contributed by atoms with E-state index < -0.39 is 0 Å². The molecule has 1 aliphatic rings. The number of rotatable bonds is 4. The topological polar surface area (TPSA) is 38.3 Å². The van der Waals surface area contributed by atoms with Gasteiger partial charge in [0.25, 0.3) is 0 Å². The van der Waals surface area contributed by atoms with Gasteiger partial charge < -0.3 is 10.1 Å². The smallest absolute Gasteiger partial charge is 0.224 e. The minimum absolute atomic E-state index is 0.0976. The van der Waals surface area contributed by atoms with Gasteiger partial charge in [0.1, 0.15) is 5.75 Å². The van der Waals surface area contributed by atoms with E-state index in [9.17, 15) is 4.79 Å². The van der Waals surface area contributed by atoms with E-state index in [4.69, 9.17) is 4.74 Å². The van der Waals surface area contributed by atoms with E-state index >= 15 is 0 Å². The maximum atomic E-state index is 12.2. The molecular formula is C17H25NO2. The Bertz CT molecular complexity index is 458. The second-order valence-corrected chi connectivity index (χ2v) is 5.93. The van der Waals surface area contributed by atoms with E-state index in [-0.39, 0.29) is 5.91 Å². The molecule has 1 amide bonds. The average molecular weight is 275 g/mol. The summed E-state index contributed by atoms with van der Waals surface area (Å²) in [6.45, 7) is 4.53. The van der Waals surface area contributed by atoms with Crippen molar-refractivity contribution in [1.29, 1.82) is 0 Å². The van der Waals surface area contributed by atoms with Crippen LogP contribution in [0, 0.1) is 11.8 Å². The van der Waals surface area contributed by atoms with Gasteiger partial charge in [-0.05, 0) is 24.3 Å². The summed E-state index contributed by atoms with van der Waals surface area (Å²) in [6, 6.07) is 8.03. The van der Waals surface area contributed by atoms with Gasteiger partial charge in [-0.15, -0.1) is 0 Å². The Morgan fingerprint density at radius 1 is 1.30 bits per heavy atom. The predicted molar refractivity (Wildman–Crippen MR) is 80.8 cm³/mol. The minimum Gasteiger partial charge on any atom is -0.496 e. The van der Waals surface area contributed by atoms with Crippen molar-refractivity contribution in [3.05, 3.63) is 29.8 Å². The molecule has 1 fully saturated rings. The van der Waals surface area contributed by atoms with Gasteiger partial charge in [0.05, 0.1) is 13.5 Å². The lowest BCUT2D eigenvalue weighted by Crippen LogP contribution is -2.44. The van der Waals surface area contributed by atoms with Crippen LogP contribution in [-0.4, -0.2) is 19.1 Å². The molecule has 3 atom stereocenters. The van der Waals surface area contributed by atoms with E-state index in [0.29, 0.717) is 24.3 Å². The van der Waals surface area contributed by atoms with Gasteiger partial charge in [-0.2, -0.15) is 0 Å². The molecule has 1 aliphatic carbocycles. The quantitative estimate of drug-likeness (QED) is 0.916. The van der Waals surface area contributed by atoms with Crippen LogP contribution in [0.4, 0.5) is 0 Å². The van der Waals surface area contributed by atoms with Gasteiger partial charge in [0.15, 0.2) is 0 Å². The van der Waals surface area contributed by atoms with Crippen molar-refractivity contribution < 1.29 is 9.53 Å². The van der Waals surface area contributed by atoms with Crippen molar-refractivity contribution in [3.63, 3.8) is 0 Å². The molecule has 0 aromatic heterocycles. The molecule has 0 bridgehead atoms. The van der Waals surface area contributed by atoms with Crippen molar-refractivity contribution in [2.75, 3.05) is 7.11 Å². The number of hydrogen-bond acceptors (Lipinski definition) is 2. The third-order valence-corrected chi connectivity index (χ3v) is 4.60. The lowest BCUT2D eigenvalue weighted by atomic mass is 9.78. The maximum Gasteiger partial charge on any atom is 0.224 e. The van der Waals surface area contributed by atoms with Crippen molar-refractivity contribution in [2.24, 2.45) is 11.8 Å². The first kappa shape index (κ1) is 14.9. The van der Waals surface area contributed by atoms with Gasteiger partial charge in [0, 0.05) is 11.6 Å². The monoisotopic (exact) mass is 275 g/mol. The largest absolute Gasteiger partial charge is 0.496 e. The second kappa shape index (κ2) is 6.78. The molecule has 3 unspecified atom stereocenters. The normalized spacial score (nSPS) is 26.1. The van der Waals surface area contributed by atoms with Crippen LogP contribution in [0.1, 0.15) is 38.7 Å². The molecule has 0 aliphatic heterocycles. The number of nitrogens with one attached hydrogen (secondary N) is 1. The first-order valence-electron chi connectivity index (χ1n) is 7.53. The maximum absolute atomic E-state index is 12.2. The fourth-order valence-corrected chi connectivity index (χ4v) is 3.07. The number of benzene rings is 1. The molecule has 1 aromatic carbocycles. The number of ether oxygens (including phenoxy) is 1. The Morgan fingerprint density at radius 3 is 2.80 bits per heavy atom. The molecule has 110 valence electrons. The van der Waals surface area contributed by atoms with Crippen LogP contribution in [0.15, 0.2) is 24.3 Å². The zero-order chi connectivity index (χ0) is 14.5. The summed E-state index contributed by atoms with van der Waals surface area (Å²) in [5.74, 6) is 2.14. The third kappa shape index (κ3) is 3.53. The summed E-state index contributed by atoms with van der Waals surface area (Å²) < 4.78 is 5.29. The molecule has 0 radical (unpaired) electrons. The molecule has 0 heterocycles. The lowest BCUT2D eigenvalue weighted by Gasteiger charge is -2.34. The molecule has 1 N–H and O–H groups in total. The Morgan fingerprint density at radius 2 is 2.05 bits per heavy atom. The fourth-order valence-electron chi connectivity index (χ4n) is 3.07. The molecular weight excluding hydrogens is 250 g/mol. The summed E-state index contributed by atoms with van der Waals surface area (Å²) in [7, 11) is 1.64. The number of para-hydroxylation sites is 1. The van der Waals surface area contributed by atoms with Gasteiger partial charge in [-0.3, -0.25) is 4.79 Å². The standard InChI is InChI=1S/C17H25NO2/c1-12-7-6-9-15(13(12)2)18-17(19)11-14-8-4-5-10-16(14)20-3/h4-5,8,10,12-13,15H,6-7,9,11H2,1-3H3,(H,18,19). The summed E-state index contributed by atoms with van der Waals surface area (Å²) in [6.07, 6.45) is 3.98. The minimum atomic E-state index is 0.0976. The zero-order valence-corrected chi connectivity index (χ0v) is 12.7. The highest BCUT2D eigenvalue weighted by Crippen LogP contribution is 2.29. The number of carbonyl (C=O) groups excluding carboxylic acids is 1. The number of amides is 1. The van der Waals surface area contributed by atoms with Gasteiger partial charge >= 0.3 is 0 Å². The van der Waals surface area contributed by atoms with Crippen molar-refractivity contribution in [2.45, 2.75) is 45.6 Å². The lowest BCUT2D eigenvalue weighted by molar-refractivity contribution is -0.121. The first-order valence-corrected chi connectivity index (χ1v) is 7.53. The van der Waals surface area contributed by atoms with Crippen LogP contribution < -0.4 is 10.1 Å². The number of carbonyl (C=O) groups is 1. The van der Waals surface area contributed by atoms with Crippen LogP contribution in [-0.2, 0) is 11.2 Å². The number of hydrogen-bond donors (Lipinski definition) is 1. The molecule has 1 saturated carbocycles. The molecule has 0 spiro atoms. The average Bonchev–Trinajstić information content (AvgIpc) is 2.44. The van der Waals surface area contributed by atoms with E-state index in [1.165, 1.54) is 12.8 Å². The van der Waals surface area contributed by atoms with Crippen LogP contribution in [0.2, 0.25) is 0 Å². The first-order chi connectivity index (χ1) is 9.61. The van der Waals surface area contributed by atoms with Crippen LogP contribution in [0.25, 0.3) is 0 Å². The Balaban J connectivity index is 1.95. The second-order valence-electron chi connectivity index (χ2n) is 5.93. The summed E-state index contributed by atoms with van der Waals surface area (Å²) in [5.41, 5.74) is 0.948. The predicted octanol–water partition coefficient (Wildman–Crippen LogP) is 3.18. The Labute approximate surface area is 121 Å². The molecule has 3 nitrogen and oxygen atoms in total. The fraction of sp³-hybridized carbons (Fsp3) is 0.588. The molecule has 0 saturated heterocycles. The summed E-state index contributed by atoms with van der Waals surface area (Å²) >= 11 is 0. The van der Waals surface area contributed by atoms with E-state index in [1.54, 1.807) is 7.11 Å². The van der Waals surface area contributed by atoms with Crippen LogP contribution >= 0.6 is 0 Å². The summed E-state index contributed by atoms with van der Waals surface area (Å²) in [4.78, 5) is 12.2. The number of methoxy groups -OCH3 is 1. The van der Waals surface area contributed by atoms with Gasteiger partial charge in [-0.25, -0.2) is 0 Å². The highest BCUT2D eigenvalue weighted by molar-refractivity contribution is 5.79. The van der Waals surface area contributed by atoms with Gasteiger partial charge in [-0.1, -0.05) is 44.9 Å². The third-order valence-electron chi connectivity index (χ3n) is 4.60. The van der Waals surface area contributed by atoms with Crippen LogP contribution in [0.3, 0.4) is 0 Å². The van der Waals surface area contributed by atoms with E-state index in [2.05, 4.69) is 19.2 Å². The molecule has 3 heteroatoms. The van der Waals surface area contributed by atoms with E-state index in [0.717, 1.165) is 17.7 Å². The zero-order valence-electron chi connectivity index (χ0n) is 12.7. The van der Waals surface area contributed by atoms with Crippen molar-refractivity contribution >= 4 is 5.91 Å². The molecule has 20 heavy (non-hydrogen) atoms. The highest BCUT2D eigenvalue weighted by Gasteiger charge is 2.28. The Hall–Kier alpha value is -1.51. The van der Waals surface area contributed by atoms with Crippen molar-refractivity contribution in [1.82, 2.24) is 5.32 Å². The Kier molecular flexibility index (Phi) is 5.05. The SMILES string of the molecule is COc1ccccc1CC(=O)NC1CCCC(C)C1C. The van der Waals surface area contributed by atoms with Gasteiger partial charge in [0.2, 0.25) is 5.91 Å². The molecule has 1 aromatic rings. The van der Waals surface area contributed by atoms with Crippen molar-refractivity contribution in [3.8, 4) is 5.75 Å². The highest BCUT2D eigenvalue weighted by atomic mass is 16.5. The molecule has 2 rings (SSSR count). The van der Waals surface area contributed by atoms with E-state index in [1.807, 2.05) is 24.3 Å². The summed E-state index contributed by atoms with van der Waals surface area (Å²) in [5, 5.41) is 3.20. The van der Waals surface area contributed by atoms with Crippen LogP contribution in [0.5, 0.6) is 5.75 Å².